The van der Waals surface area contributed by atoms with Crippen molar-refractivity contribution in [3.63, 3.8) is 0 Å². The molecule has 2 N–H and O–H groups in total. The average molecular weight is 234 g/mol. The van der Waals surface area contributed by atoms with Crippen LogP contribution in [0.2, 0.25) is 0 Å². The highest BCUT2D eigenvalue weighted by Crippen LogP contribution is 2.24. The van der Waals surface area contributed by atoms with E-state index in [0.717, 1.165) is 24.5 Å². The van der Waals surface area contributed by atoms with Crippen LogP contribution in [0, 0.1) is 5.82 Å². The highest BCUT2D eigenvalue weighted by atomic mass is 32.2. The molecule has 5 nitrogen and oxygen atoms in total. The highest BCUT2D eigenvalue weighted by molar-refractivity contribution is 7.90. The zero-order valence-electron chi connectivity index (χ0n) is 7.71. The Morgan fingerprint density at radius 2 is 2.00 bits per heavy atom. The molecule has 1 aromatic rings. The van der Waals surface area contributed by atoms with Crippen LogP contribution in [0.3, 0.4) is 0 Å². The van der Waals surface area contributed by atoms with E-state index in [4.69, 9.17) is 10.0 Å². The van der Waals surface area contributed by atoms with Gasteiger partial charge < -0.3 is 14.7 Å². The van der Waals surface area contributed by atoms with Crippen LogP contribution in [0.5, 0.6) is 5.75 Å². The lowest BCUT2D eigenvalue weighted by molar-refractivity contribution is 0.285. The van der Waals surface area contributed by atoms with Crippen LogP contribution in [-0.4, -0.2) is 32.0 Å². The van der Waals surface area contributed by atoms with Gasteiger partial charge in [0.1, 0.15) is 16.5 Å². The van der Waals surface area contributed by atoms with E-state index in [9.17, 15) is 12.8 Å². The van der Waals surface area contributed by atoms with Crippen LogP contribution in [0.25, 0.3) is 0 Å². The van der Waals surface area contributed by atoms with Crippen LogP contribution >= 0.6 is 0 Å². The molecule has 0 saturated carbocycles. The molecule has 8 heteroatoms. The summed E-state index contributed by atoms with van der Waals surface area (Å²) in [6.45, 7) is 0. The van der Waals surface area contributed by atoms with E-state index in [0.29, 0.717) is 0 Å². The maximum atomic E-state index is 12.8. The summed E-state index contributed by atoms with van der Waals surface area (Å²) >= 11 is 0. The Balaban J connectivity index is 3.27. The van der Waals surface area contributed by atoms with Crippen molar-refractivity contribution in [1.82, 2.24) is 0 Å². The van der Waals surface area contributed by atoms with Crippen LogP contribution in [-0.2, 0) is 9.84 Å². The molecule has 0 unspecified atom stereocenters. The first kappa shape index (κ1) is 12.0. The Morgan fingerprint density at radius 3 is 2.47 bits per heavy atom. The first-order chi connectivity index (χ1) is 6.80. The van der Waals surface area contributed by atoms with Crippen molar-refractivity contribution >= 4 is 17.2 Å². The SMILES string of the molecule is CS(=O)(=O)c1cc(F)ccc1OB(O)O. The van der Waals surface area contributed by atoms with Gasteiger partial charge in [-0.15, -0.1) is 0 Å². The smallest absolute Gasteiger partial charge is 0.511 e. The van der Waals surface area contributed by atoms with E-state index in [1.54, 1.807) is 0 Å². The summed E-state index contributed by atoms with van der Waals surface area (Å²) in [6.07, 6.45) is 0.860. The Hall–Kier alpha value is -1.12. The Bertz CT molecular complexity index is 458. The normalized spacial score (nSPS) is 11.2. The van der Waals surface area contributed by atoms with Gasteiger partial charge in [-0.2, -0.15) is 0 Å². The van der Waals surface area contributed by atoms with Crippen molar-refractivity contribution in [2.75, 3.05) is 6.26 Å². The molecule has 0 amide bonds. The molecule has 0 aliphatic carbocycles. The number of rotatable bonds is 3. The van der Waals surface area contributed by atoms with Gasteiger partial charge >= 0.3 is 7.32 Å². The maximum Gasteiger partial charge on any atom is 0.707 e. The summed E-state index contributed by atoms with van der Waals surface area (Å²) < 4.78 is 39.5. The molecule has 0 atom stereocenters. The second-order valence-electron chi connectivity index (χ2n) is 2.81. The number of benzene rings is 1. The third-order valence-electron chi connectivity index (χ3n) is 1.54. The van der Waals surface area contributed by atoms with Gasteiger partial charge in [0.2, 0.25) is 0 Å². The zero-order valence-corrected chi connectivity index (χ0v) is 8.53. The van der Waals surface area contributed by atoms with Crippen molar-refractivity contribution in [3.8, 4) is 5.75 Å². The quantitative estimate of drug-likeness (QED) is 0.693. The van der Waals surface area contributed by atoms with Gasteiger partial charge in [-0.05, 0) is 18.2 Å². The van der Waals surface area contributed by atoms with Gasteiger partial charge in [0.15, 0.2) is 9.84 Å². The minimum atomic E-state index is -3.69. The molecule has 15 heavy (non-hydrogen) atoms. The average Bonchev–Trinajstić information content (AvgIpc) is 2.05. The second-order valence-corrected chi connectivity index (χ2v) is 4.79. The van der Waals surface area contributed by atoms with Crippen molar-refractivity contribution < 1.29 is 27.5 Å². The predicted octanol–water partition coefficient (Wildman–Crippen LogP) is -0.422. The summed E-state index contributed by atoms with van der Waals surface area (Å²) in [5.41, 5.74) is 0. The molecule has 0 saturated heterocycles. The van der Waals surface area contributed by atoms with Gasteiger partial charge in [0.25, 0.3) is 0 Å². The van der Waals surface area contributed by atoms with Gasteiger partial charge in [0, 0.05) is 6.26 Å². The molecule has 1 aromatic carbocycles. The Kier molecular flexibility index (Phi) is 3.33. The molecule has 1 rings (SSSR count). The van der Waals surface area contributed by atoms with E-state index in [2.05, 4.69) is 4.65 Å². The lowest BCUT2D eigenvalue weighted by atomic mass is 10.2. The molecule has 0 fully saturated rings. The second kappa shape index (κ2) is 4.17. The van der Waals surface area contributed by atoms with E-state index in [1.807, 2.05) is 0 Å². The summed E-state index contributed by atoms with van der Waals surface area (Å²) in [7, 11) is -5.85. The number of sulfone groups is 1. The number of hydrogen-bond donors (Lipinski definition) is 2. The minimum Gasteiger partial charge on any atom is -0.511 e. The number of halogens is 1. The number of hydrogen-bond acceptors (Lipinski definition) is 5. The van der Waals surface area contributed by atoms with Gasteiger partial charge in [-0.25, -0.2) is 12.8 Å². The lowest BCUT2D eigenvalue weighted by Crippen LogP contribution is -2.21. The van der Waals surface area contributed by atoms with Gasteiger partial charge in [0.05, 0.1) is 0 Å². The van der Waals surface area contributed by atoms with Gasteiger partial charge in [-0.3, -0.25) is 0 Å². The van der Waals surface area contributed by atoms with Crippen LogP contribution in [0.1, 0.15) is 0 Å². The molecular weight excluding hydrogens is 226 g/mol. The topological polar surface area (TPSA) is 83.8 Å². The molecule has 0 aliphatic rings. The maximum absolute atomic E-state index is 12.8. The molecule has 0 bridgehead atoms. The first-order valence-corrected chi connectivity index (χ1v) is 5.72. The Morgan fingerprint density at radius 1 is 1.40 bits per heavy atom. The van der Waals surface area contributed by atoms with E-state index in [1.165, 1.54) is 0 Å². The summed E-state index contributed by atoms with van der Waals surface area (Å²) in [5.74, 6) is -1.07. The summed E-state index contributed by atoms with van der Waals surface area (Å²) in [4.78, 5) is -0.435. The zero-order chi connectivity index (χ0) is 11.6. The highest BCUT2D eigenvalue weighted by Gasteiger charge is 2.20. The van der Waals surface area contributed by atoms with Crippen LogP contribution in [0.4, 0.5) is 4.39 Å². The molecule has 0 aromatic heterocycles. The van der Waals surface area contributed by atoms with Crippen LogP contribution < -0.4 is 4.65 Å². The monoisotopic (exact) mass is 234 g/mol. The fourth-order valence-corrected chi connectivity index (χ4v) is 1.79. The molecule has 0 aliphatic heterocycles. The standard InChI is InChI=1S/C7H8BFO5S/c1-15(12,13)7-4-5(9)2-3-6(7)14-8(10)11/h2-4,10-11H,1H3. The molecule has 82 valence electrons. The molecule has 0 spiro atoms. The van der Waals surface area contributed by atoms with E-state index in [-0.39, 0.29) is 5.75 Å². The third kappa shape index (κ3) is 3.19. The lowest BCUT2D eigenvalue weighted by Gasteiger charge is -2.09. The summed E-state index contributed by atoms with van der Waals surface area (Å²) in [6, 6.07) is 2.70. The largest absolute Gasteiger partial charge is 0.707 e. The van der Waals surface area contributed by atoms with Crippen molar-refractivity contribution in [2.24, 2.45) is 0 Å². The Labute approximate surface area is 86.2 Å². The summed E-state index contributed by atoms with van der Waals surface area (Å²) in [5, 5.41) is 17.0. The van der Waals surface area contributed by atoms with Crippen molar-refractivity contribution in [3.05, 3.63) is 24.0 Å². The predicted molar refractivity (Wildman–Crippen MR) is 50.3 cm³/mol. The van der Waals surface area contributed by atoms with Crippen LogP contribution in [0.15, 0.2) is 23.1 Å². The molecular formula is C7H8BFO5S. The fraction of sp³-hybridized carbons (Fsp3) is 0.143. The van der Waals surface area contributed by atoms with E-state index < -0.39 is 27.9 Å². The van der Waals surface area contributed by atoms with E-state index >= 15 is 0 Å². The van der Waals surface area contributed by atoms with Crippen molar-refractivity contribution in [2.45, 2.75) is 4.90 Å². The van der Waals surface area contributed by atoms with Crippen molar-refractivity contribution in [1.29, 1.82) is 0 Å². The first-order valence-electron chi connectivity index (χ1n) is 3.83. The molecule has 0 heterocycles. The molecule has 0 radical (unpaired) electrons. The minimum absolute atomic E-state index is 0.311. The third-order valence-corrected chi connectivity index (χ3v) is 2.66. The fourth-order valence-electron chi connectivity index (χ4n) is 0.983. The van der Waals surface area contributed by atoms with Gasteiger partial charge in [-0.1, -0.05) is 0 Å².